The number of carbonyl (C=O) groups is 1. The summed E-state index contributed by atoms with van der Waals surface area (Å²) < 4.78 is 0. The third-order valence-electron chi connectivity index (χ3n) is 4.27. The first-order valence-electron chi connectivity index (χ1n) is 9.02. The molecule has 0 saturated carbocycles. The number of hydrogen-bond donors (Lipinski definition) is 5. The Morgan fingerprint density at radius 1 is 1.39 bits per heavy atom. The lowest BCUT2D eigenvalue weighted by Crippen LogP contribution is -2.35. The van der Waals surface area contributed by atoms with E-state index in [4.69, 9.17) is 20.3 Å². The average molecular weight is 442 g/mol. The zero-order valence-corrected chi connectivity index (χ0v) is 16.8. The standard InChI is InChI=1S/C20H18N4O6S/c21-5-14-18(28)17-15(10-31-20(17)24-19(14)29)12-3-1-11(2-4-12)6-23-30-9-16(27)22-7-13(26)8-25/h1-4,6,10,13,25-26H,7-9H2,(H,22,27)(H2,24,28,29)/b23-6+/t13-/m0/s1. The van der Waals surface area contributed by atoms with E-state index in [9.17, 15) is 14.7 Å². The van der Waals surface area contributed by atoms with Crippen LogP contribution in [0.3, 0.4) is 0 Å². The van der Waals surface area contributed by atoms with Crippen molar-refractivity contribution in [1.29, 1.82) is 5.26 Å². The lowest BCUT2D eigenvalue weighted by molar-refractivity contribution is -0.126. The molecule has 0 bridgehead atoms. The first kappa shape index (κ1) is 22.0. The Morgan fingerprint density at radius 3 is 2.81 bits per heavy atom. The van der Waals surface area contributed by atoms with Crippen LogP contribution in [-0.4, -0.2) is 58.3 Å². The van der Waals surface area contributed by atoms with Crippen LogP contribution in [0.5, 0.6) is 5.75 Å². The highest BCUT2D eigenvalue weighted by Gasteiger charge is 2.17. The number of hydrogen-bond acceptors (Lipinski definition) is 9. The van der Waals surface area contributed by atoms with Crippen molar-refractivity contribution in [3.8, 4) is 22.9 Å². The number of carbonyl (C=O) groups excluding carboxylic acids is 1. The zero-order chi connectivity index (χ0) is 22.4. The second-order valence-electron chi connectivity index (χ2n) is 6.41. The van der Waals surface area contributed by atoms with Crippen molar-refractivity contribution in [2.75, 3.05) is 19.8 Å². The summed E-state index contributed by atoms with van der Waals surface area (Å²) in [5.41, 5.74) is 1.16. The number of aliphatic hydroxyl groups excluding tert-OH is 2. The molecule has 0 aliphatic carbocycles. The van der Waals surface area contributed by atoms with Crippen LogP contribution in [0.25, 0.3) is 21.3 Å². The summed E-state index contributed by atoms with van der Waals surface area (Å²) in [4.78, 5) is 31.3. The molecule has 0 spiro atoms. The molecule has 0 saturated heterocycles. The van der Waals surface area contributed by atoms with E-state index in [0.717, 1.165) is 5.56 Å². The number of aromatic nitrogens is 1. The number of benzene rings is 1. The molecule has 1 amide bonds. The van der Waals surface area contributed by atoms with Crippen molar-refractivity contribution in [3.63, 3.8) is 0 Å². The van der Waals surface area contributed by atoms with Gasteiger partial charge in [0.15, 0.2) is 12.2 Å². The molecule has 2 aromatic heterocycles. The Labute approximate surface area is 179 Å². The maximum absolute atomic E-state index is 11.8. The van der Waals surface area contributed by atoms with Gasteiger partial charge in [-0.25, -0.2) is 0 Å². The van der Waals surface area contributed by atoms with Crippen LogP contribution in [0.2, 0.25) is 0 Å². The van der Waals surface area contributed by atoms with Gasteiger partial charge in [0, 0.05) is 17.5 Å². The van der Waals surface area contributed by atoms with Crippen molar-refractivity contribution in [2.45, 2.75) is 6.10 Å². The van der Waals surface area contributed by atoms with Gasteiger partial charge in [0.1, 0.15) is 16.6 Å². The van der Waals surface area contributed by atoms with Crippen molar-refractivity contribution >= 4 is 33.7 Å². The Morgan fingerprint density at radius 2 is 2.13 bits per heavy atom. The molecular formula is C20H18N4O6S. The van der Waals surface area contributed by atoms with Crippen molar-refractivity contribution in [3.05, 3.63) is 51.1 Å². The first-order chi connectivity index (χ1) is 14.9. The number of aromatic amines is 1. The van der Waals surface area contributed by atoms with Gasteiger partial charge in [-0.1, -0.05) is 29.4 Å². The van der Waals surface area contributed by atoms with Gasteiger partial charge >= 0.3 is 0 Å². The number of oxime groups is 1. The molecular weight excluding hydrogens is 424 g/mol. The van der Waals surface area contributed by atoms with Crippen LogP contribution in [0, 0.1) is 11.3 Å². The fraction of sp³-hybridized carbons (Fsp3) is 0.200. The maximum atomic E-state index is 11.8. The highest BCUT2D eigenvalue weighted by molar-refractivity contribution is 7.17. The van der Waals surface area contributed by atoms with Crippen LogP contribution in [0.4, 0.5) is 0 Å². The Hall–Kier alpha value is -3.72. The van der Waals surface area contributed by atoms with E-state index >= 15 is 0 Å². The van der Waals surface area contributed by atoms with Crippen molar-refractivity contribution in [2.24, 2.45) is 5.16 Å². The molecule has 10 nitrogen and oxygen atoms in total. The number of amides is 1. The highest BCUT2D eigenvalue weighted by Crippen LogP contribution is 2.38. The molecule has 5 N–H and O–H groups in total. The normalized spacial score (nSPS) is 12.0. The van der Waals surface area contributed by atoms with Crippen molar-refractivity contribution < 1.29 is 25.0 Å². The van der Waals surface area contributed by atoms with Crippen LogP contribution >= 0.6 is 11.3 Å². The fourth-order valence-electron chi connectivity index (χ4n) is 2.69. The third-order valence-corrected chi connectivity index (χ3v) is 5.17. The number of nitriles is 1. The van der Waals surface area contributed by atoms with E-state index in [1.165, 1.54) is 17.6 Å². The largest absolute Gasteiger partial charge is 0.506 e. The Balaban J connectivity index is 1.67. The SMILES string of the molecule is N#Cc1c(O)c2c(-c3ccc(/C=N/OCC(=O)NC[C@H](O)CO)cc3)csc2[nH]c1=O. The summed E-state index contributed by atoms with van der Waals surface area (Å²) in [5, 5.41) is 45.5. The fourth-order valence-corrected chi connectivity index (χ4v) is 3.66. The molecule has 0 radical (unpaired) electrons. The zero-order valence-electron chi connectivity index (χ0n) is 16.0. The molecule has 3 rings (SSSR count). The van der Waals surface area contributed by atoms with Gasteiger partial charge in [-0.15, -0.1) is 11.3 Å². The summed E-state index contributed by atoms with van der Waals surface area (Å²) >= 11 is 1.25. The quantitative estimate of drug-likeness (QED) is 0.252. The minimum atomic E-state index is -1.03. The molecule has 1 aromatic carbocycles. The van der Waals surface area contributed by atoms with Gasteiger partial charge in [0.2, 0.25) is 0 Å². The van der Waals surface area contributed by atoms with E-state index in [0.29, 0.717) is 21.3 Å². The van der Waals surface area contributed by atoms with Gasteiger partial charge in [-0.05, 0) is 11.1 Å². The number of H-pyrrole nitrogens is 1. The number of aliphatic hydroxyl groups is 2. The van der Waals surface area contributed by atoms with E-state index in [1.54, 1.807) is 35.7 Å². The maximum Gasteiger partial charge on any atom is 0.270 e. The second kappa shape index (κ2) is 9.86. The van der Waals surface area contributed by atoms with E-state index in [1.807, 2.05) is 0 Å². The van der Waals surface area contributed by atoms with E-state index in [-0.39, 0.29) is 24.5 Å². The molecule has 0 aliphatic rings. The van der Waals surface area contributed by atoms with Gasteiger partial charge < -0.3 is 30.5 Å². The predicted molar refractivity (Wildman–Crippen MR) is 114 cm³/mol. The topological polar surface area (TPSA) is 168 Å². The first-order valence-corrected chi connectivity index (χ1v) is 9.90. The van der Waals surface area contributed by atoms with Gasteiger partial charge in [0.05, 0.1) is 24.3 Å². The van der Waals surface area contributed by atoms with Gasteiger partial charge in [-0.3, -0.25) is 9.59 Å². The number of thiophene rings is 1. The molecule has 2 heterocycles. The van der Waals surface area contributed by atoms with E-state index in [2.05, 4.69) is 15.5 Å². The predicted octanol–water partition coefficient (Wildman–Crippen LogP) is 0.654. The minimum absolute atomic E-state index is 0.0829. The second-order valence-corrected chi connectivity index (χ2v) is 7.29. The Kier molecular flexibility index (Phi) is 6.99. The molecule has 0 fully saturated rings. The molecule has 0 unspecified atom stereocenters. The summed E-state index contributed by atoms with van der Waals surface area (Å²) in [6.07, 6.45) is 0.383. The summed E-state index contributed by atoms with van der Waals surface area (Å²) in [6, 6.07) is 8.77. The smallest absolute Gasteiger partial charge is 0.270 e. The van der Waals surface area contributed by atoms with Crippen LogP contribution < -0.4 is 10.9 Å². The minimum Gasteiger partial charge on any atom is -0.506 e. The number of pyridine rings is 1. The monoisotopic (exact) mass is 442 g/mol. The van der Waals surface area contributed by atoms with E-state index < -0.39 is 24.2 Å². The molecule has 31 heavy (non-hydrogen) atoms. The average Bonchev–Trinajstić information content (AvgIpc) is 3.19. The Bertz CT molecular complexity index is 1210. The van der Waals surface area contributed by atoms with Gasteiger partial charge in [-0.2, -0.15) is 5.26 Å². The highest BCUT2D eigenvalue weighted by atomic mass is 32.1. The number of nitrogens with one attached hydrogen (secondary N) is 2. The summed E-state index contributed by atoms with van der Waals surface area (Å²) in [6.45, 7) is -0.875. The molecule has 0 aliphatic heterocycles. The van der Waals surface area contributed by atoms with Gasteiger partial charge in [0.25, 0.3) is 11.5 Å². The number of nitrogens with zero attached hydrogens (tertiary/aromatic N) is 2. The number of fused-ring (bicyclic) bond motifs is 1. The number of rotatable bonds is 8. The molecule has 160 valence electrons. The van der Waals surface area contributed by atoms with Crippen LogP contribution in [0.1, 0.15) is 11.1 Å². The summed E-state index contributed by atoms with van der Waals surface area (Å²) in [7, 11) is 0. The van der Waals surface area contributed by atoms with Crippen molar-refractivity contribution in [1.82, 2.24) is 10.3 Å². The lowest BCUT2D eigenvalue weighted by Gasteiger charge is -2.07. The molecule has 3 aromatic rings. The number of aromatic hydroxyl groups is 1. The summed E-state index contributed by atoms with van der Waals surface area (Å²) in [5.74, 6) is -0.833. The van der Waals surface area contributed by atoms with Crippen LogP contribution in [-0.2, 0) is 9.63 Å². The lowest BCUT2D eigenvalue weighted by atomic mass is 10.0. The third kappa shape index (κ3) is 5.07. The molecule has 1 atom stereocenters. The molecule has 11 heteroatoms. The van der Waals surface area contributed by atoms with Crippen LogP contribution in [0.15, 0.2) is 39.6 Å².